The van der Waals surface area contributed by atoms with Crippen LogP contribution in [0.25, 0.3) is 0 Å². The molecule has 2 aromatic rings. The number of benzene rings is 1. The molecule has 1 aliphatic heterocycles. The summed E-state index contributed by atoms with van der Waals surface area (Å²) < 4.78 is 0. The highest BCUT2D eigenvalue weighted by molar-refractivity contribution is 5.57. The highest BCUT2D eigenvalue weighted by Gasteiger charge is 2.32. The number of hydrogen-bond acceptors (Lipinski definition) is 2. The van der Waals surface area contributed by atoms with Gasteiger partial charge >= 0.3 is 0 Å². The number of hydrogen-bond donors (Lipinski definition) is 1. The Hall–Kier alpha value is -1.83. The zero-order chi connectivity index (χ0) is 12.7. The van der Waals surface area contributed by atoms with Gasteiger partial charge < -0.3 is 5.32 Å². The van der Waals surface area contributed by atoms with E-state index in [1.165, 1.54) is 41.8 Å². The summed E-state index contributed by atoms with van der Waals surface area (Å²) in [7, 11) is 0. The third-order valence-electron chi connectivity index (χ3n) is 4.52. The molecule has 0 saturated heterocycles. The molecule has 0 bridgehead atoms. The second-order valence-electron chi connectivity index (χ2n) is 5.66. The number of rotatable bonds is 1. The van der Waals surface area contributed by atoms with E-state index >= 15 is 0 Å². The minimum atomic E-state index is 0.520. The third kappa shape index (κ3) is 1.83. The van der Waals surface area contributed by atoms with E-state index in [9.17, 15) is 0 Å². The van der Waals surface area contributed by atoms with Crippen LogP contribution in [0.3, 0.4) is 0 Å². The molecule has 1 aromatic heterocycles. The Bertz CT molecular complexity index is 581. The summed E-state index contributed by atoms with van der Waals surface area (Å²) in [4.78, 5) is 4.67. The predicted octanol–water partition coefficient (Wildman–Crippen LogP) is 3.54. The topological polar surface area (TPSA) is 24.9 Å². The lowest BCUT2D eigenvalue weighted by Crippen LogP contribution is -2.28. The Balaban J connectivity index is 1.66. The number of para-hydroxylation sites is 1. The van der Waals surface area contributed by atoms with Crippen molar-refractivity contribution in [3.63, 3.8) is 0 Å². The largest absolute Gasteiger partial charge is 0.381 e. The Morgan fingerprint density at radius 3 is 2.89 bits per heavy atom. The minimum Gasteiger partial charge on any atom is -0.381 e. The van der Waals surface area contributed by atoms with Gasteiger partial charge in [-0.1, -0.05) is 24.3 Å². The fourth-order valence-electron chi connectivity index (χ4n) is 3.61. The van der Waals surface area contributed by atoms with Gasteiger partial charge in [0.1, 0.15) is 0 Å². The minimum absolute atomic E-state index is 0.520. The number of fused-ring (bicyclic) bond motifs is 2. The van der Waals surface area contributed by atoms with E-state index in [1.807, 2.05) is 6.20 Å². The molecule has 1 aliphatic carbocycles. The summed E-state index contributed by atoms with van der Waals surface area (Å²) >= 11 is 0. The Morgan fingerprint density at radius 1 is 1.05 bits per heavy atom. The maximum atomic E-state index is 4.67. The van der Waals surface area contributed by atoms with E-state index in [1.54, 1.807) is 0 Å². The standard InChI is InChI=1S/C17H18N2/c1-2-9-15-13(5-1)11-16(19-15)14-8-3-6-12-7-4-10-18-17(12)14/h1-2,4-5,7,9-10,14,16,19H,3,6,8,11H2. The SMILES string of the molecule is c1ccc2c(c1)CC(C1CCCc3cccnc31)N2. The van der Waals surface area contributed by atoms with Crippen molar-refractivity contribution in [2.45, 2.75) is 37.6 Å². The summed E-state index contributed by atoms with van der Waals surface area (Å²) in [5.74, 6) is 0.567. The summed E-state index contributed by atoms with van der Waals surface area (Å²) in [6, 6.07) is 13.5. The van der Waals surface area contributed by atoms with Gasteiger partial charge in [0, 0.05) is 29.5 Å². The van der Waals surface area contributed by atoms with Gasteiger partial charge in [-0.25, -0.2) is 0 Å². The first-order chi connectivity index (χ1) is 9.42. The van der Waals surface area contributed by atoms with Crippen molar-refractivity contribution in [2.24, 2.45) is 0 Å². The summed E-state index contributed by atoms with van der Waals surface area (Å²) in [5.41, 5.74) is 5.56. The molecule has 0 fully saturated rings. The van der Waals surface area contributed by atoms with Crippen LogP contribution >= 0.6 is 0 Å². The number of pyridine rings is 1. The first-order valence-electron chi connectivity index (χ1n) is 7.20. The molecular weight excluding hydrogens is 232 g/mol. The molecule has 2 heterocycles. The maximum Gasteiger partial charge on any atom is 0.0486 e. The van der Waals surface area contributed by atoms with E-state index in [2.05, 4.69) is 46.7 Å². The van der Waals surface area contributed by atoms with Crippen molar-refractivity contribution in [2.75, 3.05) is 5.32 Å². The number of aromatic nitrogens is 1. The molecule has 2 atom stereocenters. The smallest absolute Gasteiger partial charge is 0.0486 e. The van der Waals surface area contributed by atoms with Crippen LogP contribution in [0, 0.1) is 0 Å². The van der Waals surface area contributed by atoms with Crippen LogP contribution in [0.1, 0.15) is 35.6 Å². The highest BCUT2D eigenvalue weighted by atomic mass is 15.0. The average Bonchev–Trinajstić information content (AvgIpc) is 2.90. The van der Waals surface area contributed by atoms with Crippen LogP contribution in [-0.2, 0) is 12.8 Å². The van der Waals surface area contributed by atoms with E-state index in [0.717, 1.165) is 6.42 Å². The molecule has 1 aromatic carbocycles. The lowest BCUT2D eigenvalue weighted by atomic mass is 9.81. The summed E-state index contributed by atoms with van der Waals surface area (Å²) in [6.07, 6.45) is 6.82. The van der Waals surface area contributed by atoms with Gasteiger partial charge in [0.15, 0.2) is 0 Å². The van der Waals surface area contributed by atoms with Gasteiger partial charge in [-0.05, 0) is 48.9 Å². The second kappa shape index (κ2) is 4.37. The lowest BCUT2D eigenvalue weighted by Gasteiger charge is -2.29. The molecule has 0 saturated carbocycles. The fourth-order valence-corrected chi connectivity index (χ4v) is 3.61. The van der Waals surface area contributed by atoms with Gasteiger partial charge in [0.25, 0.3) is 0 Å². The quantitative estimate of drug-likeness (QED) is 0.837. The van der Waals surface area contributed by atoms with Gasteiger partial charge in [-0.3, -0.25) is 4.98 Å². The van der Waals surface area contributed by atoms with Gasteiger partial charge in [-0.15, -0.1) is 0 Å². The van der Waals surface area contributed by atoms with E-state index in [-0.39, 0.29) is 0 Å². The van der Waals surface area contributed by atoms with Crippen molar-refractivity contribution in [1.29, 1.82) is 0 Å². The van der Waals surface area contributed by atoms with Crippen LogP contribution in [-0.4, -0.2) is 11.0 Å². The van der Waals surface area contributed by atoms with Gasteiger partial charge in [-0.2, -0.15) is 0 Å². The Morgan fingerprint density at radius 2 is 1.95 bits per heavy atom. The number of aryl methyl sites for hydroxylation is 1. The highest BCUT2D eigenvalue weighted by Crippen LogP contribution is 2.38. The molecule has 2 unspecified atom stereocenters. The van der Waals surface area contributed by atoms with Crippen LogP contribution in [0.2, 0.25) is 0 Å². The van der Waals surface area contributed by atoms with Crippen molar-refractivity contribution < 1.29 is 0 Å². The molecule has 2 nitrogen and oxygen atoms in total. The molecule has 2 aliphatic rings. The molecule has 2 heteroatoms. The zero-order valence-electron chi connectivity index (χ0n) is 11.0. The third-order valence-corrected chi connectivity index (χ3v) is 4.52. The molecule has 0 radical (unpaired) electrons. The molecule has 96 valence electrons. The molecule has 0 spiro atoms. The predicted molar refractivity (Wildman–Crippen MR) is 77.5 cm³/mol. The van der Waals surface area contributed by atoms with Crippen LogP contribution < -0.4 is 5.32 Å². The van der Waals surface area contributed by atoms with Crippen molar-refractivity contribution in [3.05, 3.63) is 59.4 Å². The normalized spacial score (nSPS) is 24.4. The van der Waals surface area contributed by atoms with E-state index < -0.39 is 0 Å². The summed E-state index contributed by atoms with van der Waals surface area (Å²) in [6.45, 7) is 0. The number of anilines is 1. The fraction of sp³-hybridized carbons (Fsp3) is 0.353. The van der Waals surface area contributed by atoms with Crippen LogP contribution in [0.15, 0.2) is 42.6 Å². The molecule has 1 N–H and O–H groups in total. The molecule has 19 heavy (non-hydrogen) atoms. The number of nitrogens with zero attached hydrogens (tertiary/aromatic N) is 1. The van der Waals surface area contributed by atoms with Gasteiger partial charge in [0.2, 0.25) is 0 Å². The van der Waals surface area contributed by atoms with E-state index in [4.69, 9.17) is 0 Å². The van der Waals surface area contributed by atoms with Crippen molar-refractivity contribution in [3.8, 4) is 0 Å². The summed E-state index contributed by atoms with van der Waals surface area (Å²) in [5, 5.41) is 3.71. The second-order valence-corrected chi connectivity index (χ2v) is 5.66. The monoisotopic (exact) mass is 250 g/mol. The van der Waals surface area contributed by atoms with Gasteiger partial charge in [0.05, 0.1) is 0 Å². The first-order valence-corrected chi connectivity index (χ1v) is 7.20. The Kier molecular flexibility index (Phi) is 2.54. The van der Waals surface area contributed by atoms with Crippen LogP contribution in [0.5, 0.6) is 0 Å². The molecular formula is C17H18N2. The average molecular weight is 250 g/mol. The molecule has 4 rings (SSSR count). The first kappa shape index (κ1) is 11.0. The maximum absolute atomic E-state index is 4.67. The molecule has 0 amide bonds. The van der Waals surface area contributed by atoms with E-state index in [0.29, 0.717) is 12.0 Å². The van der Waals surface area contributed by atoms with Crippen LogP contribution in [0.4, 0.5) is 5.69 Å². The number of nitrogens with one attached hydrogen (secondary N) is 1. The van der Waals surface area contributed by atoms with Crippen molar-refractivity contribution in [1.82, 2.24) is 4.98 Å². The van der Waals surface area contributed by atoms with Crippen molar-refractivity contribution >= 4 is 5.69 Å². The lowest BCUT2D eigenvalue weighted by molar-refractivity contribution is 0.479. The Labute approximate surface area is 113 Å². The zero-order valence-corrected chi connectivity index (χ0v) is 11.0.